The summed E-state index contributed by atoms with van der Waals surface area (Å²) < 4.78 is 19.7. The van der Waals surface area contributed by atoms with Gasteiger partial charge in [-0.05, 0) is 30.7 Å². The maximum absolute atomic E-state index is 14.1. The zero-order valence-electron chi connectivity index (χ0n) is 15.1. The van der Waals surface area contributed by atoms with E-state index in [9.17, 15) is 19.3 Å². The van der Waals surface area contributed by atoms with E-state index in [-0.39, 0.29) is 34.8 Å². The third-order valence-electron chi connectivity index (χ3n) is 3.83. The van der Waals surface area contributed by atoms with Crippen molar-refractivity contribution in [2.24, 2.45) is 0 Å². The van der Waals surface area contributed by atoms with Gasteiger partial charge in [0.25, 0.3) is 0 Å². The summed E-state index contributed by atoms with van der Waals surface area (Å²) >= 11 is 1.15. The smallest absolute Gasteiger partial charge is 0.310 e. The fourth-order valence-electron chi connectivity index (χ4n) is 2.55. The van der Waals surface area contributed by atoms with E-state index in [1.165, 1.54) is 36.1 Å². The maximum Gasteiger partial charge on any atom is 0.310 e. The van der Waals surface area contributed by atoms with Crippen molar-refractivity contribution in [3.8, 4) is 5.75 Å². The first-order valence-corrected chi connectivity index (χ1v) is 9.12. The number of benzene rings is 2. The number of ether oxygens (including phenoxy) is 1. The van der Waals surface area contributed by atoms with Gasteiger partial charge in [-0.3, -0.25) is 19.8 Å². The Morgan fingerprint density at radius 1 is 1.32 bits per heavy atom. The van der Waals surface area contributed by atoms with Gasteiger partial charge < -0.3 is 4.74 Å². The molecule has 0 saturated carbocycles. The number of nitro benzene ring substituents is 1. The molecule has 3 rings (SSSR count). The standard InChI is InChI=1S/C19H16FN3O4S/c1-12-7-8-17(23(25)26)18(9-12)27-10-14-11-28-19(21-14)22(13(2)24)16-6-4-3-5-15(16)20/h3-9,11H,10H2,1-2H3. The molecule has 7 nitrogen and oxygen atoms in total. The molecule has 1 heterocycles. The summed E-state index contributed by atoms with van der Waals surface area (Å²) in [5.41, 5.74) is 1.25. The largest absolute Gasteiger partial charge is 0.480 e. The minimum absolute atomic E-state index is 0.0240. The van der Waals surface area contributed by atoms with Crippen molar-refractivity contribution in [2.45, 2.75) is 20.5 Å². The Hall–Kier alpha value is -3.33. The zero-order valence-corrected chi connectivity index (χ0v) is 15.9. The number of halogens is 1. The van der Waals surface area contributed by atoms with E-state index >= 15 is 0 Å². The normalized spacial score (nSPS) is 10.5. The van der Waals surface area contributed by atoms with E-state index < -0.39 is 10.7 Å². The average molecular weight is 401 g/mol. The van der Waals surface area contributed by atoms with Crippen molar-refractivity contribution in [1.82, 2.24) is 4.98 Å². The number of aromatic nitrogens is 1. The van der Waals surface area contributed by atoms with Crippen LogP contribution in [0.15, 0.2) is 47.8 Å². The van der Waals surface area contributed by atoms with Crippen LogP contribution in [0, 0.1) is 22.9 Å². The van der Waals surface area contributed by atoms with Crippen molar-refractivity contribution < 1.29 is 18.8 Å². The second-order valence-electron chi connectivity index (χ2n) is 5.94. The van der Waals surface area contributed by atoms with Gasteiger partial charge in [-0.1, -0.05) is 18.2 Å². The first kappa shape index (κ1) is 19.4. The van der Waals surface area contributed by atoms with E-state index in [1.54, 1.807) is 30.5 Å². The number of hydrogen-bond donors (Lipinski definition) is 0. The predicted molar refractivity (Wildman–Crippen MR) is 103 cm³/mol. The van der Waals surface area contributed by atoms with Crippen LogP contribution in [0.1, 0.15) is 18.2 Å². The van der Waals surface area contributed by atoms with Gasteiger partial charge in [0.05, 0.1) is 16.3 Å². The van der Waals surface area contributed by atoms with E-state index in [0.29, 0.717) is 5.69 Å². The number of rotatable bonds is 6. The van der Waals surface area contributed by atoms with Crippen molar-refractivity contribution in [3.63, 3.8) is 0 Å². The van der Waals surface area contributed by atoms with Crippen molar-refractivity contribution in [2.75, 3.05) is 4.90 Å². The lowest BCUT2D eigenvalue weighted by atomic mass is 10.2. The highest BCUT2D eigenvalue weighted by Gasteiger charge is 2.21. The topological polar surface area (TPSA) is 85.6 Å². The molecular weight excluding hydrogens is 385 g/mol. The molecule has 28 heavy (non-hydrogen) atoms. The Balaban J connectivity index is 1.83. The highest BCUT2D eigenvalue weighted by Crippen LogP contribution is 2.32. The number of anilines is 2. The zero-order chi connectivity index (χ0) is 20.3. The van der Waals surface area contributed by atoms with Gasteiger partial charge in [0.15, 0.2) is 10.9 Å². The lowest BCUT2D eigenvalue weighted by Gasteiger charge is -2.18. The fraction of sp³-hybridized carbons (Fsp3) is 0.158. The van der Waals surface area contributed by atoms with Gasteiger partial charge in [-0.2, -0.15) is 0 Å². The highest BCUT2D eigenvalue weighted by molar-refractivity contribution is 7.14. The van der Waals surface area contributed by atoms with Gasteiger partial charge in [-0.15, -0.1) is 11.3 Å². The number of carbonyl (C=O) groups is 1. The van der Waals surface area contributed by atoms with E-state index in [0.717, 1.165) is 16.9 Å². The van der Waals surface area contributed by atoms with Crippen molar-refractivity contribution in [1.29, 1.82) is 0 Å². The summed E-state index contributed by atoms with van der Waals surface area (Å²) in [5.74, 6) is -0.792. The number of para-hydroxylation sites is 1. The minimum atomic E-state index is -0.541. The molecule has 0 unspecified atom stereocenters. The molecule has 0 atom stereocenters. The van der Waals surface area contributed by atoms with Gasteiger partial charge in [0.1, 0.15) is 12.4 Å². The Kier molecular flexibility index (Phi) is 5.65. The van der Waals surface area contributed by atoms with Gasteiger partial charge >= 0.3 is 5.69 Å². The molecule has 1 aromatic heterocycles. The molecule has 0 radical (unpaired) electrons. The number of aryl methyl sites for hydroxylation is 1. The molecule has 0 spiro atoms. The number of carbonyl (C=O) groups excluding carboxylic acids is 1. The van der Waals surface area contributed by atoms with Crippen LogP contribution in [0.4, 0.5) is 20.9 Å². The van der Waals surface area contributed by atoms with Crippen LogP contribution in [0.3, 0.4) is 0 Å². The van der Waals surface area contributed by atoms with Crippen LogP contribution in [0.25, 0.3) is 0 Å². The van der Waals surface area contributed by atoms with Gasteiger partial charge in [0, 0.05) is 18.4 Å². The van der Waals surface area contributed by atoms with Crippen LogP contribution >= 0.6 is 11.3 Å². The Labute approximate surface area is 164 Å². The van der Waals surface area contributed by atoms with Crippen LogP contribution in [0.2, 0.25) is 0 Å². The van der Waals surface area contributed by atoms with E-state index in [2.05, 4.69) is 4.98 Å². The quantitative estimate of drug-likeness (QED) is 0.439. The Morgan fingerprint density at radius 3 is 2.75 bits per heavy atom. The molecule has 0 saturated heterocycles. The highest BCUT2D eigenvalue weighted by atomic mass is 32.1. The third kappa shape index (κ3) is 4.15. The third-order valence-corrected chi connectivity index (χ3v) is 4.70. The van der Waals surface area contributed by atoms with Gasteiger partial charge in [-0.25, -0.2) is 9.37 Å². The maximum atomic E-state index is 14.1. The van der Waals surface area contributed by atoms with E-state index in [4.69, 9.17) is 4.74 Å². The molecule has 0 aliphatic rings. The fourth-order valence-corrected chi connectivity index (χ4v) is 3.41. The molecular formula is C19H16FN3O4S. The summed E-state index contributed by atoms with van der Waals surface area (Å²) in [6, 6.07) is 10.5. The molecule has 144 valence electrons. The van der Waals surface area contributed by atoms with Gasteiger partial charge in [0.2, 0.25) is 5.91 Å². The molecule has 9 heteroatoms. The lowest BCUT2D eigenvalue weighted by molar-refractivity contribution is -0.386. The molecule has 3 aromatic rings. The second-order valence-corrected chi connectivity index (χ2v) is 6.78. The molecule has 0 N–H and O–H groups in total. The first-order valence-electron chi connectivity index (χ1n) is 8.24. The number of nitro groups is 1. The lowest BCUT2D eigenvalue weighted by Crippen LogP contribution is -2.23. The molecule has 0 aliphatic carbocycles. The van der Waals surface area contributed by atoms with Crippen LogP contribution in [0.5, 0.6) is 5.75 Å². The summed E-state index contributed by atoms with van der Waals surface area (Å²) in [7, 11) is 0. The van der Waals surface area contributed by atoms with Crippen molar-refractivity contribution >= 4 is 33.8 Å². The molecule has 1 amide bonds. The number of thiazole rings is 1. The Morgan fingerprint density at radius 2 is 2.07 bits per heavy atom. The van der Waals surface area contributed by atoms with Crippen LogP contribution in [-0.4, -0.2) is 15.8 Å². The number of amides is 1. The average Bonchev–Trinajstić information content (AvgIpc) is 3.10. The molecule has 0 bridgehead atoms. The SMILES string of the molecule is CC(=O)N(c1nc(COc2cc(C)ccc2[N+](=O)[O-])cs1)c1ccccc1F. The summed E-state index contributed by atoms with van der Waals surface area (Å²) in [4.78, 5) is 28.2. The first-order chi connectivity index (χ1) is 13.4. The molecule has 0 aliphatic heterocycles. The van der Waals surface area contributed by atoms with Crippen molar-refractivity contribution in [3.05, 3.63) is 75.0 Å². The Bertz CT molecular complexity index is 1040. The monoisotopic (exact) mass is 401 g/mol. The predicted octanol–water partition coefficient (Wildman–Crippen LogP) is 4.76. The molecule has 2 aromatic carbocycles. The summed E-state index contributed by atoms with van der Waals surface area (Å²) in [5, 5.41) is 13.1. The van der Waals surface area contributed by atoms with Crippen LogP contribution in [-0.2, 0) is 11.4 Å². The summed E-state index contributed by atoms with van der Waals surface area (Å²) in [6.07, 6.45) is 0. The van der Waals surface area contributed by atoms with E-state index in [1.807, 2.05) is 0 Å². The molecule has 0 fully saturated rings. The number of nitrogens with zero attached hydrogens (tertiary/aromatic N) is 3. The number of hydrogen-bond acceptors (Lipinski definition) is 6. The second kappa shape index (κ2) is 8.13. The summed E-state index contributed by atoms with van der Waals surface area (Å²) in [6.45, 7) is 3.10. The minimum Gasteiger partial charge on any atom is -0.480 e. The van der Waals surface area contributed by atoms with Crippen LogP contribution < -0.4 is 9.64 Å².